The van der Waals surface area contributed by atoms with Crippen molar-refractivity contribution in [1.82, 2.24) is 4.90 Å². The number of hydrogen-bond donors (Lipinski definition) is 0. The Balaban J connectivity index is 2.24. The third kappa shape index (κ3) is 3.26. The molecule has 0 unspecified atom stereocenters. The lowest BCUT2D eigenvalue weighted by molar-refractivity contribution is 0.0222. The number of rotatable bonds is 0. The van der Waals surface area contributed by atoms with Crippen LogP contribution in [0, 0.1) is 5.82 Å². The van der Waals surface area contributed by atoms with Gasteiger partial charge in [0.2, 0.25) is 0 Å². The molecule has 1 aliphatic heterocycles. The van der Waals surface area contributed by atoms with Crippen molar-refractivity contribution >= 4 is 33.6 Å². The van der Waals surface area contributed by atoms with Crippen LogP contribution in [0.15, 0.2) is 10.5 Å². The fourth-order valence-electron chi connectivity index (χ4n) is 2.11. The highest BCUT2D eigenvalue weighted by Crippen LogP contribution is 2.34. The molecule has 0 N–H and O–H groups in total. The summed E-state index contributed by atoms with van der Waals surface area (Å²) in [5, 5.41) is 0.519. The van der Waals surface area contributed by atoms with Crippen molar-refractivity contribution in [3.05, 3.63) is 32.5 Å². The van der Waals surface area contributed by atoms with Crippen molar-refractivity contribution in [3.63, 3.8) is 0 Å². The van der Waals surface area contributed by atoms with Crippen LogP contribution >= 0.6 is 27.5 Å². The average molecular weight is 365 g/mol. The van der Waals surface area contributed by atoms with Crippen LogP contribution in [0.1, 0.15) is 31.9 Å². The van der Waals surface area contributed by atoms with Gasteiger partial charge in [-0.15, -0.1) is 0 Å². The van der Waals surface area contributed by atoms with E-state index in [4.69, 9.17) is 16.3 Å². The topological polar surface area (TPSA) is 29.5 Å². The molecule has 1 aromatic carbocycles. The van der Waals surface area contributed by atoms with Gasteiger partial charge in [-0.3, -0.25) is 0 Å². The molecule has 1 aliphatic rings. The summed E-state index contributed by atoms with van der Waals surface area (Å²) in [5.74, 6) is -0.357. The molecular weight excluding hydrogens is 349 g/mol. The third-order valence-electron chi connectivity index (χ3n) is 3.01. The summed E-state index contributed by atoms with van der Waals surface area (Å²) in [5.41, 5.74) is 0.668. The highest BCUT2D eigenvalue weighted by atomic mass is 79.9. The zero-order valence-corrected chi connectivity index (χ0v) is 13.9. The lowest BCUT2D eigenvalue weighted by Crippen LogP contribution is -2.40. The van der Waals surface area contributed by atoms with Crippen LogP contribution < -0.4 is 0 Å². The van der Waals surface area contributed by atoms with E-state index >= 15 is 0 Å². The molecule has 0 saturated carbocycles. The molecule has 0 aromatic heterocycles. The van der Waals surface area contributed by atoms with Crippen LogP contribution in [0.2, 0.25) is 5.02 Å². The minimum atomic E-state index is -0.562. The SMILES string of the molecule is CC(C)(C)OC(=O)N1CCc2c(Cl)c(Br)cc(F)c2C1. The van der Waals surface area contributed by atoms with Gasteiger partial charge in [0.1, 0.15) is 11.4 Å². The van der Waals surface area contributed by atoms with E-state index in [0.29, 0.717) is 28.0 Å². The van der Waals surface area contributed by atoms with Crippen LogP contribution in [0.5, 0.6) is 0 Å². The predicted octanol–water partition coefficient (Wildman–Crippen LogP) is 4.53. The van der Waals surface area contributed by atoms with Crippen molar-refractivity contribution in [2.45, 2.75) is 39.3 Å². The van der Waals surface area contributed by atoms with Gasteiger partial charge in [-0.1, -0.05) is 11.6 Å². The van der Waals surface area contributed by atoms with Gasteiger partial charge in [-0.25, -0.2) is 9.18 Å². The highest BCUT2D eigenvalue weighted by Gasteiger charge is 2.29. The van der Waals surface area contributed by atoms with E-state index in [9.17, 15) is 9.18 Å². The molecule has 1 aromatic rings. The Hall–Kier alpha value is -0.810. The number of fused-ring (bicyclic) bond motifs is 1. The summed E-state index contributed by atoms with van der Waals surface area (Å²) in [7, 11) is 0. The molecule has 0 aliphatic carbocycles. The van der Waals surface area contributed by atoms with Gasteiger partial charge in [0.05, 0.1) is 11.6 Å². The van der Waals surface area contributed by atoms with Crippen molar-refractivity contribution in [2.24, 2.45) is 0 Å². The summed E-state index contributed by atoms with van der Waals surface area (Å²) in [6.07, 6.45) is 0.0885. The molecule has 0 radical (unpaired) electrons. The summed E-state index contributed by atoms with van der Waals surface area (Å²) < 4.78 is 19.9. The van der Waals surface area contributed by atoms with Crippen LogP contribution in [0.3, 0.4) is 0 Å². The Morgan fingerprint density at radius 3 is 2.70 bits per heavy atom. The zero-order valence-electron chi connectivity index (χ0n) is 11.6. The fourth-order valence-corrected chi connectivity index (χ4v) is 2.82. The van der Waals surface area contributed by atoms with Crippen LogP contribution in [0.25, 0.3) is 0 Å². The standard InChI is InChI=1S/C14H16BrClFNO2/c1-14(2,3)20-13(19)18-5-4-8-9(7-18)11(17)6-10(15)12(8)16/h6H,4-5,7H2,1-3H3. The molecule has 0 atom stereocenters. The van der Waals surface area contributed by atoms with Gasteiger partial charge in [-0.2, -0.15) is 0 Å². The molecule has 20 heavy (non-hydrogen) atoms. The van der Waals surface area contributed by atoms with E-state index in [1.165, 1.54) is 11.0 Å². The van der Waals surface area contributed by atoms with E-state index in [0.717, 1.165) is 5.56 Å². The summed E-state index contributed by atoms with van der Waals surface area (Å²) >= 11 is 9.40. The van der Waals surface area contributed by atoms with E-state index in [2.05, 4.69) is 15.9 Å². The quantitative estimate of drug-likeness (QED) is 0.633. The van der Waals surface area contributed by atoms with Crippen LogP contribution in [0.4, 0.5) is 9.18 Å². The third-order valence-corrected chi connectivity index (χ3v) is 4.30. The molecule has 0 saturated heterocycles. The number of halogens is 3. The largest absolute Gasteiger partial charge is 0.444 e. The molecule has 3 nitrogen and oxygen atoms in total. The fraction of sp³-hybridized carbons (Fsp3) is 0.500. The van der Waals surface area contributed by atoms with Gasteiger partial charge in [0.15, 0.2) is 0 Å². The molecule has 0 fully saturated rings. The van der Waals surface area contributed by atoms with E-state index < -0.39 is 11.7 Å². The molecule has 1 heterocycles. The molecule has 6 heteroatoms. The van der Waals surface area contributed by atoms with Gasteiger partial charge < -0.3 is 9.64 Å². The second-order valence-corrected chi connectivity index (χ2v) is 7.00. The monoisotopic (exact) mass is 363 g/mol. The normalized spacial score (nSPS) is 15.0. The number of carbonyl (C=O) groups excluding carboxylic acids is 1. The number of amides is 1. The Labute approximate surface area is 131 Å². The molecular formula is C14H16BrClFNO2. The molecule has 0 bridgehead atoms. The molecule has 110 valence electrons. The maximum absolute atomic E-state index is 14.0. The smallest absolute Gasteiger partial charge is 0.410 e. The van der Waals surface area contributed by atoms with Gasteiger partial charge in [0.25, 0.3) is 0 Å². The summed E-state index contributed by atoms with van der Waals surface area (Å²) in [4.78, 5) is 13.5. The molecule has 1 amide bonds. The van der Waals surface area contributed by atoms with E-state index in [-0.39, 0.29) is 12.4 Å². The minimum absolute atomic E-state index is 0.184. The maximum Gasteiger partial charge on any atom is 0.410 e. The zero-order chi connectivity index (χ0) is 15.1. The molecule has 2 rings (SSSR count). The number of hydrogen-bond acceptors (Lipinski definition) is 2. The predicted molar refractivity (Wildman–Crippen MR) is 79.5 cm³/mol. The van der Waals surface area contributed by atoms with E-state index in [1.807, 2.05) is 0 Å². The first-order chi connectivity index (χ1) is 9.19. The van der Waals surface area contributed by atoms with Gasteiger partial charge in [-0.05, 0) is 54.8 Å². The Bertz CT molecular complexity index is 557. The first-order valence-electron chi connectivity index (χ1n) is 6.32. The van der Waals surface area contributed by atoms with Crippen molar-refractivity contribution in [3.8, 4) is 0 Å². The maximum atomic E-state index is 14.0. The Kier molecular flexibility index (Phi) is 4.30. The number of ether oxygens (including phenoxy) is 1. The van der Waals surface area contributed by atoms with Gasteiger partial charge in [0, 0.05) is 16.6 Å². The first-order valence-corrected chi connectivity index (χ1v) is 7.49. The lowest BCUT2D eigenvalue weighted by atomic mass is 9.99. The first kappa shape index (κ1) is 15.6. The lowest BCUT2D eigenvalue weighted by Gasteiger charge is -2.31. The van der Waals surface area contributed by atoms with Crippen molar-refractivity contribution < 1.29 is 13.9 Å². The summed E-state index contributed by atoms with van der Waals surface area (Å²) in [6.45, 7) is 6.06. The Morgan fingerprint density at radius 2 is 2.10 bits per heavy atom. The number of benzene rings is 1. The van der Waals surface area contributed by atoms with E-state index in [1.54, 1.807) is 20.8 Å². The Morgan fingerprint density at radius 1 is 1.45 bits per heavy atom. The van der Waals surface area contributed by atoms with Crippen LogP contribution in [-0.4, -0.2) is 23.1 Å². The second-order valence-electron chi connectivity index (χ2n) is 5.76. The van der Waals surface area contributed by atoms with Crippen molar-refractivity contribution in [2.75, 3.05) is 6.54 Å². The molecule has 0 spiro atoms. The van der Waals surface area contributed by atoms with Crippen LogP contribution in [-0.2, 0) is 17.7 Å². The minimum Gasteiger partial charge on any atom is -0.444 e. The van der Waals surface area contributed by atoms with Crippen molar-refractivity contribution in [1.29, 1.82) is 0 Å². The highest BCUT2D eigenvalue weighted by molar-refractivity contribution is 9.10. The number of carbonyl (C=O) groups is 1. The average Bonchev–Trinajstić information content (AvgIpc) is 2.33. The second kappa shape index (κ2) is 5.53. The number of nitrogens with zero attached hydrogens (tertiary/aromatic N) is 1. The summed E-state index contributed by atoms with van der Waals surface area (Å²) in [6, 6.07) is 1.33. The van der Waals surface area contributed by atoms with Gasteiger partial charge >= 0.3 is 6.09 Å².